The smallest absolute Gasteiger partial charge is 0.0705 e. The van der Waals surface area contributed by atoms with Gasteiger partial charge in [0.2, 0.25) is 0 Å². The Morgan fingerprint density at radius 3 is 2.11 bits per heavy atom. The predicted octanol–water partition coefficient (Wildman–Crippen LogP) is 5.38. The van der Waals surface area contributed by atoms with Crippen molar-refractivity contribution in [2.24, 2.45) is 0 Å². The average molecular weight is 277 g/mol. The van der Waals surface area contributed by atoms with Crippen LogP contribution in [0.2, 0.25) is 0 Å². The zero-order chi connectivity index (χ0) is 13.0. The average Bonchev–Trinajstić information content (AvgIpc) is 2.38. The Morgan fingerprint density at radius 1 is 0.889 bits per heavy atom. The third kappa shape index (κ3) is 3.16. The summed E-state index contributed by atoms with van der Waals surface area (Å²) in [6, 6.07) is 18.3. The Morgan fingerprint density at radius 2 is 1.50 bits per heavy atom. The zero-order valence-electron chi connectivity index (χ0n) is 10.2. The number of halogens is 2. The van der Waals surface area contributed by atoms with E-state index in [0.717, 1.165) is 17.6 Å². The van der Waals surface area contributed by atoms with Crippen LogP contribution in [0.5, 0.6) is 0 Å². The second kappa shape index (κ2) is 6.08. The standard InChI is InChI=1S/C16H14Cl2/c1-12-7-5-6-10-14(12)15(16(17)18)11-13-8-3-2-4-9-13/h2-10H,11H2,1H3. The van der Waals surface area contributed by atoms with Crippen LogP contribution in [0, 0.1) is 6.92 Å². The number of hydrogen-bond acceptors (Lipinski definition) is 0. The summed E-state index contributed by atoms with van der Waals surface area (Å²) in [4.78, 5) is 0. The first-order valence-corrected chi connectivity index (χ1v) is 6.58. The molecular formula is C16H14Cl2. The molecule has 0 nitrogen and oxygen atoms in total. The van der Waals surface area contributed by atoms with Gasteiger partial charge >= 0.3 is 0 Å². The SMILES string of the molecule is Cc1ccccc1C(Cc1ccccc1)=C(Cl)Cl. The van der Waals surface area contributed by atoms with Gasteiger partial charge in [-0.25, -0.2) is 0 Å². The van der Waals surface area contributed by atoms with E-state index >= 15 is 0 Å². The maximum absolute atomic E-state index is 6.05. The molecule has 2 rings (SSSR count). The summed E-state index contributed by atoms with van der Waals surface area (Å²) in [6.07, 6.45) is 0.744. The Balaban J connectivity index is 2.38. The molecule has 2 heteroatoms. The van der Waals surface area contributed by atoms with Gasteiger partial charge in [0, 0.05) is 6.42 Å². The lowest BCUT2D eigenvalue weighted by molar-refractivity contribution is 1.26. The van der Waals surface area contributed by atoms with Crippen molar-refractivity contribution in [3.05, 3.63) is 75.8 Å². The molecule has 0 aliphatic heterocycles. The third-order valence-electron chi connectivity index (χ3n) is 2.92. The summed E-state index contributed by atoms with van der Waals surface area (Å²) >= 11 is 12.1. The van der Waals surface area contributed by atoms with E-state index in [9.17, 15) is 0 Å². The molecule has 0 aliphatic rings. The molecular weight excluding hydrogens is 263 g/mol. The highest BCUT2D eigenvalue weighted by molar-refractivity contribution is 6.58. The van der Waals surface area contributed by atoms with Crippen LogP contribution in [0.3, 0.4) is 0 Å². The molecule has 0 radical (unpaired) electrons. The first-order chi connectivity index (χ1) is 8.68. The van der Waals surface area contributed by atoms with Crippen LogP contribution in [0.25, 0.3) is 5.57 Å². The quantitative estimate of drug-likeness (QED) is 0.706. The van der Waals surface area contributed by atoms with Gasteiger partial charge in [0.15, 0.2) is 0 Å². The number of aryl methyl sites for hydroxylation is 1. The molecule has 0 spiro atoms. The molecule has 0 bridgehead atoms. The van der Waals surface area contributed by atoms with Gasteiger partial charge in [0.25, 0.3) is 0 Å². The van der Waals surface area contributed by atoms with Crippen LogP contribution in [0.1, 0.15) is 16.7 Å². The molecule has 0 fully saturated rings. The molecule has 0 heterocycles. The third-order valence-corrected chi connectivity index (χ3v) is 3.38. The van der Waals surface area contributed by atoms with Crippen molar-refractivity contribution in [2.75, 3.05) is 0 Å². The Kier molecular flexibility index (Phi) is 4.46. The first-order valence-electron chi connectivity index (χ1n) is 5.82. The molecule has 0 saturated heterocycles. The second-order valence-corrected chi connectivity index (χ2v) is 5.17. The van der Waals surface area contributed by atoms with E-state index in [1.807, 2.05) is 30.3 Å². The molecule has 2 aromatic carbocycles. The maximum atomic E-state index is 6.05. The normalized spacial score (nSPS) is 10.2. The molecule has 92 valence electrons. The van der Waals surface area contributed by atoms with E-state index < -0.39 is 0 Å². The molecule has 0 unspecified atom stereocenters. The monoisotopic (exact) mass is 276 g/mol. The van der Waals surface area contributed by atoms with Crippen LogP contribution in [-0.2, 0) is 6.42 Å². The number of benzene rings is 2. The van der Waals surface area contributed by atoms with E-state index in [2.05, 4.69) is 31.2 Å². The van der Waals surface area contributed by atoms with Gasteiger partial charge in [-0.15, -0.1) is 0 Å². The maximum Gasteiger partial charge on any atom is 0.110 e. The minimum Gasteiger partial charge on any atom is -0.0705 e. The highest BCUT2D eigenvalue weighted by Crippen LogP contribution is 2.29. The van der Waals surface area contributed by atoms with Crippen molar-refractivity contribution in [3.63, 3.8) is 0 Å². The van der Waals surface area contributed by atoms with Crippen LogP contribution in [-0.4, -0.2) is 0 Å². The number of hydrogen-bond donors (Lipinski definition) is 0. The summed E-state index contributed by atoms with van der Waals surface area (Å²) in [5.74, 6) is 0. The molecule has 0 aliphatic carbocycles. The number of rotatable bonds is 3. The molecule has 2 aromatic rings. The van der Waals surface area contributed by atoms with E-state index in [1.54, 1.807) is 0 Å². The Labute approximate surface area is 118 Å². The van der Waals surface area contributed by atoms with Crippen molar-refractivity contribution < 1.29 is 0 Å². The minimum atomic E-state index is 0.341. The van der Waals surface area contributed by atoms with Crippen LogP contribution < -0.4 is 0 Å². The highest BCUT2D eigenvalue weighted by Gasteiger charge is 2.09. The van der Waals surface area contributed by atoms with E-state index in [0.29, 0.717) is 4.49 Å². The van der Waals surface area contributed by atoms with E-state index in [4.69, 9.17) is 23.2 Å². The van der Waals surface area contributed by atoms with Crippen LogP contribution >= 0.6 is 23.2 Å². The van der Waals surface area contributed by atoms with Crippen molar-refractivity contribution >= 4 is 28.8 Å². The fraction of sp³-hybridized carbons (Fsp3) is 0.125. The fourth-order valence-corrected chi connectivity index (χ4v) is 2.31. The van der Waals surface area contributed by atoms with Crippen LogP contribution in [0.15, 0.2) is 59.1 Å². The van der Waals surface area contributed by atoms with Gasteiger partial charge in [-0.3, -0.25) is 0 Å². The summed E-state index contributed by atoms with van der Waals surface area (Å²) in [7, 11) is 0. The first kappa shape index (κ1) is 13.2. The van der Waals surface area contributed by atoms with Gasteiger partial charge in [0.05, 0.1) is 0 Å². The number of allylic oxidation sites excluding steroid dienone is 1. The molecule has 18 heavy (non-hydrogen) atoms. The largest absolute Gasteiger partial charge is 0.110 e. The van der Waals surface area contributed by atoms with Gasteiger partial charge in [-0.05, 0) is 29.2 Å². The molecule has 0 N–H and O–H groups in total. The molecule has 0 saturated carbocycles. The lowest BCUT2D eigenvalue weighted by atomic mass is 9.96. The molecule has 0 amide bonds. The van der Waals surface area contributed by atoms with Crippen molar-refractivity contribution in [1.82, 2.24) is 0 Å². The van der Waals surface area contributed by atoms with Gasteiger partial charge < -0.3 is 0 Å². The molecule has 0 aromatic heterocycles. The Hall–Kier alpha value is -1.24. The van der Waals surface area contributed by atoms with Gasteiger partial charge in [-0.1, -0.05) is 77.8 Å². The minimum absolute atomic E-state index is 0.341. The van der Waals surface area contributed by atoms with E-state index in [1.165, 1.54) is 11.1 Å². The van der Waals surface area contributed by atoms with E-state index in [-0.39, 0.29) is 0 Å². The molecule has 0 atom stereocenters. The highest BCUT2D eigenvalue weighted by atomic mass is 35.5. The Bertz CT molecular complexity index is 552. The van der Waals surface area contributed by atoms with Gasteiger partial charge in [-0.2, -0.15) is 0 Å². The van der Waals surface area contributed by atoms with Crippen molar-refractivity contribution in [2.45, 2.75) is 13.3 Å². The second-order valence-electron chi connectivity index (χ2n) is 4.22. The topological polar surface area (TPSA) is 0 Å². The lowest BCUT2D eigenvalue weighted by Crippen LogP contribution is -1.94. The zero-order valence-corrected chi connectivity index (χ0v) is 11.7. The fourth-order valence-electron chi connectivity index (χ4n) is 1.98. The van der Waals surface area contributed by atoms with Crippen molar-refractivity contribution in [1.29, 1.82) is 0 Å². The summed E-state index contributed by atoms with van der Waals surface area (Å²) in [6.45, 7) is 2.07. The van der Waals surface area contributed by atoms with Crippen molar-refractivity contribution in [3.8, 4) is 0 Å². The summed E-state index contributed by atoms with van der Waals surface area (Å²) < 4.78 is 0.341. The van der Waals surface area contributed by atoms with Gasteiger partial charge in [0.1, 0.15) is 4.49 Å². The predicted molar refractivity (Wildman–Crippen MR) is 80.0 cm³/mol. The summed E-state index contributed by atoms with van der Waals surface area (Å²) in [5.41, 5.74) is 4.47. The lowest BCUT2D eigenvalue weighted by Gasteiger charge is -2.11. The summed E-state index contributed by atoms with van der Waals surface area (Å²) in [5, 5.41) is 0. The van der Waals surface area contributed by atoms with Crippen LogP contribution in [0.4, 0.5) is 0 Å².